The number of hydrogen-bond donors (Lipinski definition) is 0. The summed E-state index contributed by atoms with van der Waals surface area (Å²) >= 11 is 0. The summed E-state index contributed by atoms with van der Waals surface area (Å²) in [7, 11) is 0. The van der Waals surface area contributed by atoms with Gasteiger partial charge in [0.05, 0.1) is 22.4 Å². The van der Waals surface area contributed by atoms with Crippen LogP contribution >= 0.6 is 0 Å². The summed E-state index contributed by atoms with van der Waals surface area (Å²) in [4.78, 5) is 2.44. The Morgan fingerprint density at radius 2 is 0.964 bits per heavy atom. The molecular weight excluding hydrogens is 671 g/mol. The Labute approximate surface area is 317 Å². The fraction of sp³-hybridized carbons (Fsp3) is 0. The van der Waals surface area contributed by atoms with E-state index in [0.29, 0.717) is 0 Å². The maximum absolute atomic E-state index is 6.78. The van der Waals surface area contributed by atoms with Crippen molar-refractivity contribution in [3.63, 3.8) is 0 Å². The molecule has 0 aliphatic heterocycles. The standard InChI is InChI=1S/C52H33NO2/c1-3-14-34(15-4-1)37-27-30-46(43(32-37)35-16-5-2-6-17-35)53(47-23-13-25-50-51(47)42-29-26-36-18-7-8-20-40(36)52(42)55-50)45-22-11-9-19-39(45)38-28-31-49-44(33-38)41-21-10-12-24-48(41)54-49/h1-33H. The van der Waals surface area contributed by atoms with Crippen molar-refractivity contribution in [2.45, 2.75) is 0 Å². The van der Waals surface area contributed by atoms with E-state index in [1.165, 1.54) is 5.56 Å². The highest BCUT2D eigenvalue weighted by Crippen LogP contribution is 2.50. The van der Waals surface area contributed by atoms with Crippen LogP contribution in [0.25, 0.3) is 88.0 Å². The largest absolute Gasteiger partial charge is 0.456 e. The highest BCUT2D eigenvalue weighted by Gasteiger charge is 2.25. The van der Waals surface area contributed by atoms with Crippen LogP contribution in [-0.2, 0) is 0 Å². The third-order valence-corrected chi connectivity index (χ3v) is 10.9. The summed E-state index contributed by atoms with van der Waals surface area (Å²) in [5.41, 5.74) is 13.5. The number of hydrogen-bond acceptors (Lipinski definition) is 3. The lowest BCUT2D eigenvalue weighted by Gasteiger charge is -2.31. The van der Waals surface area contributed by atoms with E-state index < -0.39 is 0 Å². The van der Waals surface area contributed by atoms with Gasteiger partial charge in [0.25, 0.3) is 0 Å². The summed E-state index contributed by atoms with van der Waals surface area (Å²) in [6, 6.07) is 71.1. The van der Waals surface area contributed by atoms with Crippen molar-refractivity contribution in [2.75, 3.05) is 4.90 Å². The SMILES string of the molecule is c1ccc(-c2ccc(N(c3ccccc3-c3ccc4oc5ccccc5c4c3)c3cccc4oc5c6ccccc6ccc5c34)c(-c3ccccc3)c2)cc1. The Hall–Kier alpha value is -7.36. The lowest BCUT2D eigenvalue weighted by atomic mass is 9.94. The lowest BCUT2D eigenvalue weighted by Crippen LogP contribution is -2.13. The average Bonchev–Trinajstić information content (AvgIpc) is 3.84. The first-order valence-corrected chi connectivity index (χ1v) is 18.7. The molecule has 0 saturated heterocycles. The van der Waals surface area contributed by atoms with Crippen LogP contribution in [0.4, 0.5) is 17.1 Å². The Balaban J connectivity index is 1.23. The Morgan fingerprint density at radius 1 is 0.309 bits per heavy atom. The number of furan rings is 2. The summed E-state index contributed by atoms with van der Waals surface area (Å²) in [5, 5.41) is 6.62. The molecule has 2 aromatic heterocycles. The molecule has 0 bridgehead atoms. The molecule has 258 valence electrons. The normalized spacial score (nSPS) is 11.6. The van der Waals surface area contributed by atoms with E-state index in [2.05, 4.69) is 193 Å². The molecule has 55 heavy (non-hydrogen) atoms. The molecule has 0 N–H and O–H groups in total. The molecule has 0 unspecified atom stereocenters. The lowest BCUT2D eigenvalue weighted by molar-refractivity contribution is 0.669. The first-order chi connectivity index (χ1) is 27.3. The van der Waals surface area contributed by atoms with E-state index >= 15 is 0 Å². The summed E-state index contributed by atoms with van der Waals surface area (Å²) in [6.45, 7) is 0. The molecule has 0 saturated carbocycles. The Bertz CT molecular complexity index is 3210. The van der Waals surface area contributed by atoms with Gasteiger partial charge in [-0.2, -0.15) is 0 Å². The second-order valence-electron chi connectivity index (χ2n) is 14.0. The minimum Gasteiger partial charge on any atom is -0.456 e. The molecule has 2 heterocycles. The number of anilines is 3. The molecule has 0 atom stereocenters. The maximum atomic E-state index is 6.78. The maximum Gasteiger partial charge on any atom is 0.143 e. The molecule has 9 aromatic carbocycles. The Morgan fingerprint density at radius 3 is 1.84 bits per heavy atom. The van der Waals surface area contributed by atoms with Gasteiger partial charge in [-0.15, -0.1) is 0 Å². The van der Waals surface area contributed by atoms with E-state index in [-0.39, 0.29) is 0 Å². The van der Waals surface area contributed by atoms with E-state index in [9.17, 15) is 0 Å². The van der Waals surface area contributed by atoms with Gasteiger partial charge in [-0.25, -0.2) is 0 Å². The molecule has 3 heteroatoms. The predicted octanol–water partition coefficient (Wildman–Crippen LogP) is 15.1. The number of benzene rings is 9. The highest BCUT2D eigenvalue weighted by molar-refractivity contribution is 6.20. The zero-order valence-electron chi connectivity index (χ0n) is 29.8. The van der Waals surface area contributed by atoms with Gasteiger partial charge in [-0.1, -0.05) is 146 Å². The zero-order chi connectivity index (χ0) is 36.3. The predicted molar refractivity (Wildman–Crippen MR) is 229 cm³/mol. The molecular formula is C52H33NO2. The number of nitrogens with zero attached hydrogens (tertiary/aromatic N) is 1. The van der Waals surface area contributed by atoms with Gasteiger partial charge < -0.3 is 13.7 Å². The van der Waals surface area contributed by atoms with Gasteiger partial charge in [0.15, 0.2) is 0 Å². The van der Waals surface area contributed by atoms with Crippen LogP contribution in [0, 0.1) is 0 Å². The second kappa shape index (κ2) is 12.6. The van der Waals surface area contributed by atoms with Crippen LogP contribution in [0.5, 0.6) is 0 Å². The quantitative estimate of drug-likeness (QED) is 0.173. The molecule has 11 aromatic rings. The van der Waals surface area contributed by atoms with Crippen molar-refractivity contribution >= 4 is 71.7 Å². The summed E-state index contributed by atoms with van der Waals surface area (Å²) in [5.74, 6) is 0. The van der Waals surface area contributed by atoms with E-state index in [0.717, 1.165) is 99.5 Å². The van der Waals surface area contributed by atoms with Crippen molar-refractivity contribution in [2.24, 2.45) is 0 Å². The fourth-order valence-corrected chi connectivity index (χ4v) is 8.31. The highest BCUT2D eigenvalue weighted by atomic mass is 16.3. The van der Waals surface area contributed by atoms with Gasteiger partial charge in [0.2, 0.25) is 0 Å². The zero-order valence-corrected chi connectivity index (χ0v) is 29.8. The second-order valence-corrected chi connectivity index (χ2v) is 14.0. The molecule has 3 nitrogen and oxygen atoms in total. The molecule has 0 spiro atoms. The molecule has 0 aliphatic carbocycles. The minimum atomic E-state index is 0.847. The van der Waals surface area contributed by atoms with Gasteiger partial charge >= 0.3 is 0 Å². The van der Waals surface area contributed by atoms with E-state index in [1.54, 1.807) is 0 Å². The number of rotatable bonds is 6. The monoisotopic (exact) mass is 703 g/mol. The van der Waals surface area contributed by atoms with Gasteiger partial charge in [0, 0.05) is 32.7 Å². The summed E-state index contributed by atoms with van der Waals surface area (Å²) in [6.07, 6.45) is 0. The first kappa shape index (κ1) is 31.2. The third-order valence-electron chi connectivity index (χ3n) is 10.9. The van der Waals surface area contributed by atoms with Crippen LogP contribution < -0.4 is 4.90 Å². The van der Waals surface area contributed by atoms with Crippen molar-refractivity contribution in [1.29, 1.82) is 0 Å². The number of fused-ring (bicyclic) bond motifs is 8. The smallest absolute Gasteiger partial charge is 0.143 e. The average molecular weight is 704 g/mol. The van der Waals surface area contributed by atoms with Crippen molar-refractivity contribution in [3.05, 3.63) is 200 Å². The van der Waals surface area contributed by atoms with Crippen molar-refractivity contribution in [3.8, 4) is 33.4 Å². The Kier molecular flexibility index (Phi) is 7.17. The van der Waals surface area contributed by atoms with Gasteiger partial charge in [0.1, 0.15) is 22.3 Å². The first-order valence-electron chi connectivity index (χ1n) is 18.7. The van der Waals surface area contributed by atoms with Crippen molar-refractivity contribution in [1.82, 2.24) is 0 Å². The van der Waals surface area contributed by atoms with Gasteiger partial charge in [-0.3, -0.25) is 0 Å². The molecule has 0 fully saturated rings. The van der Waals surface area contributed by atoms with Crippen LogP contribution in [0.1, 0.15) is 0 Å². The molecule has 0 amide bonds. The molecule has 0 radical (unpaired) electrons. The fourth-order valence-electron chi connectivity index (χ4n) is 8.31. The molecule has 11 rings (SSSR count). The van der Waals surface area contributed by atoms with Crippen molar-refractivity contribution < 1.29 is 8.83 Å². The molecule has 0 aliphatic rings. The third kappa shape index (κ3) is 5.13. The van der Waals surface area contributed by atoms with Crippen LogP contribution in [0.2, 0.25) is 0 Å². The number of para-hydroxylation sites is 2. The topological polar surface area (TPSA) is 29.5 Å². The van der Waals surface area contributed by atoms with E-state index in [4.69, 9.17) is 8.83 Å². The van der Waals surface area contributed by atoms with Crippen LogP contribution in [0.3, 0.4) is 0 Å². The van der Waals surface area contributed by atoms with Gasteiger partial charge in [-0.05, 0) is 82.2 Å². The summed E-state index contributed by atoms with van der Waals surface area (Å²) < 4.78 is 13.0. The van der Waals surface area contributed by atoms with Crippen LogP contribution in [-0.4, -0.2) is 0 Å². The van der Waals surface area contributed by atoms with Crippen LogP contribution in [0.15, 0.2) is 209 Å². The van der Waals surface area contributed by atoms with E-state index in [1.807, 2.05) is 12.1 Å². The minimum absolute atomic E-state index is 0.847.